The minimum atomic E-state index is -3.05. The number of carboxylic acids is 1. The molecule has 1 atom stereocenters. The first-order valence-electron chi connectivity index (χ1n) is 8.74. The van der Waals surface area contributed by atoms with Gasteiger partial charge >= 0.3 is 12.6 Å². The smallest absolute Gasteiger partial charge is 0.387 e. The molecule has 2 amide bonds. The van der Waals surface area contributed by atoms with E-state index in [9.17, 15) is 23.2 Å². The van der Waals surface area contributed by atoms with Gasteiger partial charge < -0.3 is 20.1 Å². The summed E-state index contributed by atoms with van der Waals surface area (Å²) in [5.74, 6) is -1.98. The summed E-state index contributed by atoms with van der Waals surface area (Å²) in [6.07, 6.45) is 2.10. The van der Waals surface area contributed by atoms with E-state index < -0.39 is 24.5 Å². The van der Waals surface area contributed by atoms with Crippen LogP contribution in [0.25, 0.3) is 0 Å². The molecule has 1 aliphatic heterocycles. The summed E-state index contributed by atoms with van der Waals surface area (Å²) in [7, 11) is 0. The molecule has 2 rings (SSSR count). The average Bonchev–Trinajstić information content (AvgIpc) is 3.10. The fraction of sp³-hybridized carbons (Fsp3) is 0.500. The third kappa shape index (κ3) is 5.90. The molecule has 0 bridgehead atoms. The molecule has 1 aliphatic rings. The Morgan fingerprint density at radius 3 is 2.70 bits per heavy atom. The molecular formula is C18H22F2N2O5. The van der Waals surface area contributed by atoms with Crippen molar-refractivity contribution < 1.29 is 33.0 Å². The number of ether oxygens (including phenoxy) is 1. The number of halogens is 2. The number of hydrogen-bond donors (Lipinski definition) is 2. The van der Waals surface area contributed by atoms with E-state index in [2.05, 4.69) is 10.1 Å². The van der Waals surface area contributed by atoms with Gasteiger partial charge in [0.25, 0.3) is 5.91 Å². The Bertz CT molecular complexity index is 683. The molecule has 1 heterocycles. The second-order valence-electron chi connectivity index (χ2n) is 6.17. The number of unbranched alkanes of at least 4 members (excludes halogenated alkanes) is 1. The quantitative estimate of drug-likeness (QED) is 0.637. The van der Waals surface area contributed by atoms with E-state index in [4.69, 9.17) is 5.11 Å². The zero-order valence-electron chi connectivity index (χ0n) is 14.7. The van der Waals surface area contributed by atoms with Crippen LogP contribution in [0.2, 0.25) is 0 Å². The molecule has 0 radical (unpaired) electrons. The molecule has 0 aliphatic carbocycles. The van der Waals surface area contributed by atoms with E-state index in [1.165, 1.54) is 23.1 Å². The fourth-order valence-corrected chi connectivity index (χ4v) is 3.01. The van der Waals surface area contributed by atoms with Crippen molar-refractivity contribution in [3.63, 3.8) is 0 Å². The molecule has 1 fully saturated rings. The predicted molar refractivity (Wildman–Crippen MR) is 91.6 cm³/mol. The highest BCUT2D eigenvalue weighted by atomic mass is 19.3. The van der Waals surface area contributed by atoms with Gasteiger partial charge in [-0.05, 0) is 37.8 Å². The lowest BCUT2D eigenvalue weighted by Gasteiger charge is -2.25. The largest absolute Gasteiger partial charge is 0.481 e. The van der Waals surface area contributed by atoms with Gasteiger partial charge in [0.15, 0.2) is 0 Å². The van der Waals surface area contributed by atoms with Crippen LogP contribution < -0.4 is 10.1 Å². The minimum Gasteiger partial charge on any atom is -0.481 e. The third-order valence-electron chi connectivity index (χ3n) is 4.27. The van der Waals surface area contributed by atoms with Gasteiger partial charge in [0.05, 0.1) is 5.56 Å². The Morgan fingerprint density at radius 1 is 1.26 bits per heavy atom. The molecule has 1 saturated heterocycles. The van der Waals surface area contributed by atoms with E-state index in [1.807, 2.05) is 0 Å². The maximum absolute atomic E-state index is 12.8. The van der Waals surface area contributed by atoms with Crippen LogP contribution in [-0.4, -0.2) is 53.5 Å². The van der Waals surface area contributed by atoms with Crippen molar-refractivity contribution in [2.75, 3.05) is 13.1 Å². The zero-order valence-corrected chi connectivity index (χ0v) is 14.7. The van der Waals surface area contributed by atoms with Crippen LogP contribution in [0.1, 0.15) is 42.5 Å². The van der Waals surface area contributed by atoms with Crippen LogP contribution in [0.5, 0.6) is 5.75 Å². The summed E-state index contributed by atoms with van der Waals surface area (Å²) in [5.41, 5.74) is -0.0149. The Kier molecular flexibility index (Phi) is 7.51. The zero-order chi connectivity index (χ0) is 19.8. The molecule has 1 aromatic rings. The highest BCUT2D eigenvalue weighted by Crippen LogP contribution is 2.26. The van der Waals surface area contributed by atoms with Crippen LogP contribution in [-0.2, 0) is 9.59 Å². The first-order valence-corrected chi connectivity index (χ1v) is 8.74. The van der Waals surface area contributed by atoms with Crippen molar-refractivity contribution in [3.8, 4) is 5.75 Å². The number of amides is 2. The van der Waals surface area contributed by atoms with Gasteiger partial charge in [0, 0.05) is 19.5 Å². The maximum atomic E-state index is 12.8. The lowest BCUT2D eigenvalue weighted by Crippen LogP contribution is -2.46. The Hall–Kier alpha value is -2.71. The summed E-state index contributed by atoms with van der Waals surface area (Å²) < 4.78 is 29.5. The summed E-state index contributed by atoms with van der Waals surface area (Å²) in [5, 5.41) is 11.3. The topological polar surface area (TPSA) is 95.9 Å². The number of benzene rings is 1. The number of rotatable bonds is 9. The van der Waals surface area contributed by atoms with Gasteiger partial charge in [0.2, 0.25) is 5.91 Å². The van der Waals surface area contributed by atoms with Crippen LogP contribution in [0.15, 0.2) is 24.3 Å². The number of likely N-dealkylation sites (tertiary alicyclic amines) is 1. The number of para-hydroxylation sites is 1. The van der Waals surface area contributed by atoms with Gasteiger partial charge in [-0.1, -0.05) is 12.1 Å². The Labute approximate surface area is 155 Å². The highest BCUT2D eigenvalue weighted by Gasteiger charge is 2.35. The predicted octanol–water partition coefficient (Wildman–Crippen LogP) is 2.26. The SMILES string of the molecule is O=C(O)CCCCNC(=O)C1CCCN1C(=O)c1ccccc1OC(F)F. The summed E-state index contributed by atoms with van der Waals surface area (Å²) in [6.45, 7) is -2.39. The fourth-order valence-electron chi connectivity index (χ4n) is 3.01. The van der Waals surface area contributed by atoms with Crippen LogP contribution >= 0.6 is 0 Å². The van der Waals surface area contributed by atoms with E-state index in [-0.39, 0.29) is 23.6 Å². The number of nitrogens with one attached hydrogen (secondary N) is 1. The van der Waals surface area contributed by atoms with Crippen molar-refractivity contribution in [1.29, 1.82) is 0 Å². The van der Waals surface area contributed by atoms with E-state index in [1.54, 1.807) is 6.07 Å². The molecule has 1 aromatic carbocycles. The molecular weight excluding hydrogens is 362 g/mol. The molecule has 0 saturated carbocycles. The average molecular weight is 384 g/mol. The van der Waals surface area contributed by atoms with Crippen LogP contribution in [0.4, 0.5) is 8.78 Å². The minimum absolute atomic E-state index is 0.0149. The van der Waals surface area contributed by atoms with Gasteiger partial charge in [-0.15, -0.1) is 0 Å². The molecule has 1 unspecified atom stereocenters. The van der Waals surface area contributed by atoms with Crippen molar-refractivity contribution in [2.45, 2.75) is 44.8 Å². The summed E-state index contributed by atoms with van der Waals surface area (Å²) in [4.78, 5) is 37.0. The van der Waals surface area contributed by atoms with E-state index >= 15 is 0 Å². The first-order chi connectivity index (χ1) is 12.9. The van der Waals surface area contributed by atoms with Gasteiger partial charge in [-0.3, -0.25) is 14.4 Å². The number of carbonyl (C=O) groups excluding carboxylic acids is 2. The molecule has 0 spiro atoms. The van der Waals surface area contributed by atoms with Crippen LogP contribution in [0, 0.1) is 0 Å². The number of nitrogens with zero attached hydrogens (tertiary/aromatic N) is 1. The summed E-state index contributed by atoms with van der Waals surface area (Å²) in [6, 6.07) is 5.02. The Morgan fingerprint density at radius 2 is 2.00 bits per heavy atom. The number of alkyl halides is 2. The van der Waals surface area contributed by atoms with Crippen LogP contribution in [0.3, 0.4) is 0 Å². The second kappa shape index (κ2) is 9.84. The summed E-state index contributed by atoms with van der Waals surface area (Å²) >= 11 is 0. The normalized spacial score (nSPS) is 16.4. The standard InChI is InChI=1S/C18H22F2N2O5/c19-18(20)27-14-8-2-1-6-12(14)17(26)22-11-5-7-13(22)16(25)21-10-4-3-9-15(23)24/h1-2,6,8,13,18H,3-5,7,9-11H2,(H,21,25)(H,23,24). The molecule has 7 nitrogen and oxygen atoms in total. The first kappa shape index (κ1) is 20.6. The third-order valence-corrected chi connectivity index (χ3v) is 4.27. The van der Waals surface area contributed by atoms with E-state index in [0.717, 1.165) is 0 Å². The molecule has 148 valence electrons. The Balaban J connectivity index is 1.98. The second-order valence-corrected chi connectivity index (χ2v) is 6.17. The highest BCUT2D eigenvalue weighted by molar-refractivity contribution is 6.00. The lowest BCUT2D eigenvalue weighted by atomic mass is 10.1. The van der Waals surface area contributed by atoms with Crippen molar-refractivity contribution >= 4 is 17.8 Å². The van der Waals surface area contributed by atoms with Crippen molar-refractivity contribution in [1.82, 2.24) is 10.2 Å². The van der Waals surface area contributed by atoms with Crippen molar-refractivity contribution in [2.24, 2.45) is 0 Å². The van der Waals surface area contributed by atoms with Crippen molar-refractivity contribution in [3.05, 3.63) is 29.8 Å². The molecule has 0 aromatic heterocycles. The van der Waals surface area contributed by atoms with Gasteiger partial charge in [-0.2, -0.15) is 8.78 Å². The molecule has 2 N–H and O–H groups in total. The number of carboxylic acid groups (broad SMARTS) is 1. The lowest BCUT2D eigenvalue weighted by molar-refractivity contribution is -0.137. The number of carbonyl (C=O) groups is 3. The maximum Gasteiger partial charge on any atom is 0.387 e. The molecule has 9 heteroatoms. The number of aliphatic carboxylic acids is 1. The van der Waals surface area contributed by atoms with Gasteiger partial charge in [0.1, 0.15) is 11.8 Å². The van der Waals surface area contributed by atoms with E-state index in [0.29, 0.717) is 38.8 Å². The monoisotopic (exact) mass is 384 g/mol. The van der Waals surface area contributed by atoms with Gasteiger partial charge in [-0.25, -0.2) is 0 Å². The number of hydrogen-bond acceptors (Lipinski definition) is 4. The molecule has 27 heavy (non-hydrogen) atoms.